The minimum atomic E-state index is -0.790. The molecule has 2 amide bonds. The smallest absolute Gasteiger partial charge is 0.254 e. The molecule has 2 saturated heterocycles. The Morgan fingerprint density at radius 3 is 2.43 bits per heavy atom. The van der Waals surface area contributed by atoms with Gasteiger partial charge in [0.1, 0.15) is 5.60 Å². The van der Waals surface area contributed by atoms with Crippen molar-refractivity contribution in [3.05, 3.63) is 23.5 Å². The van der Waals surface area contributed by atoms with Gasteiger partial charge in [0.05, 0.1) is 11.7 Å². The molecule has 0 aliphatic carbocycles. The lowest BCUT2D eigenvalue weighted by molar-refractivity contribution is -0.151. The average molecular weight is 389 g/mol. The third-order valence-electron chi connectivity index (χ3n) is 5.91. The summed E-state index contributed by atoms with van der Waals surface area (Å²) in [6.45, 7) is 10.9. The topological polar surface area (TPSA) is 66.0 Å². The van der Waals surface area contributed by atoms with Crippen LogP contribution in [0, 0.1) is 6.92 Å². The minimum Gasteiger partial charge on any atom is -0.369 e. The van der Waals surface area contributed by atoms with E-state index < -0.39 is 5.60 Å². The predicted octanol–water partition coefficient (Wildman–Crippen LogP) is 2.15. The molecule has 7 nitrogen and oxygen atoms in total. The first-order chi connectivity index (χ1) is 13.2. The van der Waals surface area contributed by atoms with Crippen LogP contribution in [0.5, 0.6) is 0 Å². The Labute approximate surface area is 167 Å². The van der Waals surface area contributed by atoms with Crippen LogP contribution in [-0.4, -0.2) is 72.0 Å². The summed E-state index contributed by atoms with van der Waals surface area (Å²) in [7, 11) is 1.57. The van der Waals surface area contributed by atoms with Crippen LogP contribution < -0.4 is 4.90 Å². The van der Waals surface area contributed by atoms with Gasteiger partial charge in [-0.15, -0.1) is 0 Å². The molecule has 2 aliphatic heterocycles. The second-order valence-electron chi connectivity index (χ2n) is 8.26. The number of pyridine rings is 1. The lowest BCUT2D eigenvalue weighted by Gasteiger charge is -2.39. The number of hydrogen-bond acceptors (Lipinski definition) is 5. The number of likely N-dealkylation sites (tertiary alicyclic amines) is 1. The fourth-order valence-corrected chi connectivity index (χ4v) is 4.12. The highest BCUT2D eigenvalue weighted by Crippen LogP contribution is 2.33. The third kappa shape index (κ3) is 4.14. The van der Waals surface area contributed by atoms with Crippen LogP contribution in [-0.2, 0) is 14.3 Å². The normalized spacial score (nSPS) is 20.6. The molecule has 1 aromatic rings. The quantitative estimate of drug-likeness (QED) is 0.791. The second kappa shape index (κ2) is 8.07. The molecule has 0 spiro atoms. The van der Waals surface area contributed by atoms with Crippen molar-refractivity contribution in [1.29, 1.82) is 0 Å². The molecule has 7 heteroatoms. The van der Waals surface area contributed by atoms with E-state index in [1.807, 2.05) is 30.6 Å². The van der Waals surface area contributed by atoms with E-state index in [9.17, 15) is 9.59 Å². The fraction of sp³-hybridized carbons (Fsp3) is 0.667. The number of rotatable bonds is 4. The first-order valence-corrected chi connectivity index (χ1v) is 10.1. The molecular weight excluding hydrogens is 356 g/mol. The van der Waals surface area contributed by atoms with Crippen LogP contribution in [0.3, 0.4) is 0 Å². The Kier molecular flexibility index (Phi) is 5.93. The highest BCUT2D eigenvalue weighted by Gasteiger charge is 2.34. The number of piperazine rings is 1. The summed E-state index contributed by atoms with van der Waals surface area (Å²) in [5.74, 6) is 0.143. The van der Waals surface area contributed by atoms with E-state index in [0.29, 0.717) is 13.1 Å². The van der Waals surface area contributed by atoms with Crippen LogP contribution in [0.4, 0.5) is 5.69 Å². The van der Waals surface area contributed by atoms with Gasteiger partial charge >= 0.3 is 0 Å². The zero-order valence-corrected chi connectivity index (χ0v) is 17.7. The number of amides is 2. The zero-order chi connectivity index (χ0) is 20.5. The van der Waals surface area contributed by atoms with Gasteiger partial charge in [0.25, 0.3) is 5.91 Å². The van der Waals surface area contributed by atoms with Crippen LogP contribution in [0.1, 0.15) is 51.0 Å². The number of carbonyl (C=O) groups is 2. The Balaban J connectivity index is 1.73. The van der Waals surface area contributed by atoms with Crippen LogP contribution in [0.15, 0.2) is 12.1 Å². The number of ether oxygens (including phenoxy) is 1. The molecule has 154 valence electrons. The Morgan fingerprint density at radius 2 is 1.82 bits per heavy atom. The minimum absolute atomic E-state index is 0.0318. The molecule has 0 saturated carbocycles. The van der Waals surface area contributed by atoms with Gasteiger partial charge in [-0.1, -0.05) is 0 Å². The van der Waals surface area contributed by atoms with E-state index in [0.717, 1.165) is 49.6 Å². The molecule has 3 heterocycles. The molecule has 1 atom stereocenters. The molecule has 2 aliphatic rings. The summed E-state index contributed by atoms with van der Waals surface area (Å²) in [5.41, 5.74) is 2.26. The Morgan fingerprint density at radius 1 is 1.14 bits per heavy atom. The van der Waals surface area contributed by atoms with Gasteiger partial charge in [0.2, 0.25) is 5.91 Å². The average Bonchev–Trinajstić information content (AvgIpc) is 3.17. The maximum Gasteiger partial charge on any atom is 0.254 e. The summed E-state index contributed by atoms with van der Waals surface area (Å²) in [6.07, 6.45) is 1.98. The standard InChI is InChI=1S/C21H32N4O3/c1-15-13-17(14-18(22-15)19-7-6-8-25(19)16(2)26)23-9-11-24(12-10-23)20(27)21(3,4)28-5/h13-14,19H,6-12H2,1-5H3/t19-/m1/s1. The van der Waals surface area contributed by atoms with Crippen molar-refractivity contribution in [2.24, 2.45) is 0 Å². The second-order valence-corrected chi connectivity index (χ2v) is 8.26. The van der Waals surface area contributed by atoms with Crippen molar-refractivity contribution in [2.75, 3.05) is 44.7 Å². The monoisotopic (exact) mass is 388 g/mol. The number of hydrogen-bond donors (Lipinski definition) is 0. The largest absolute Gasteiger partial charge is 0.369 e. The number of aromatic nitrogens is 1. The molecule has 0 unspecified atom stereocenters. The third-order valence-corrected chi connectivity index (χ3v) is 5.91. The zero-order valence-electron chi connectivity index (χ0n) is 17.7. The van der Waals surface area contributed by atoms with Crippen molar-refractivity contribution < 1.29 is 14.3 Å². The van der Waals surface area contributed by atoms with E-state index in [2.05, 4.69) is 17.0 Å². The van der Waals surface area contributed by atoms with Gasteiger partial charge in [0.15, 0.2) is 0 Å². The summed E-state index contributed by atoms with van der Waals surface area (Å²) in [4.78, 5) is 35.4. The number of carbonyl (C=O) groups excluding carboxylic acids is 2. The van der Waals surface area contributed by atoms with Crippen molar-refractivity contribution in [2.45, 2.75) is 52.2 Å². The summed E-state index contributed by atoms with van der Waals surface area (Å²) in [5, 5.41) is 0. The number of anilines is 1. The molecule has 1 aromatic heterocycles. The molecule has 2 fully saturated rings. The van der Waals surface area contributed by atoms with E-state index >= 15 is 0 Å². The maximum atomic E-state index is 12.6. The number of nitrogens with zero attached hydrogens (tertiary/aromatic N) is 4. The van der Waals surface area contributed by atoms with Crippen molar-refractivity contribution in [3.8, 4) is 0 Å². The molecule has 0 radical (unpaired) electrons. The Hall–Kier alpha value is -2.15. The molecule has 0 bridgehead atoms. The lowest BCUT2D eigenvalue weighted by Crippen LogP contribution is -2.54. The summed E-state index contributed by atoms with van der Waals surface area (Å²) in [6, 6.07) is 4.28. The molecule has 0 N–H and O–H groups in total. The number of aryl methyl sites for hydroxylation is 1. The van der Waals surface area contributed by atoms with Gasteiger partial charge in [-0.2, -0.15) is 0 Å². The van der Waals surface area contributed by atoms with E-state index in [-0.39, 0.29) is 17.9 Å². The maximum absolute atomic E-state index is 12.6. The molecular formula is C21H32N4O3. The van der Waals surface area contributed by atoms with Crippen molar-refractivity contribution in [3.63, 3.8) is 0 Å². The van der Waals surface area contributed by atoms with E-state index in [4.69, 9.17) is 9.72 Å². The highest BCUT2D eigenvalue weighted by molar-refractivity contribution is 5.84. The van der Waals surface area contributed by atoms with Crippen LogP contribution >= 0.6 is 0 Å². The fourth-order valence-electron chi connectivity index (χ4n) is 4.12. The van der Waals surface area contributed by atoms with E-state index in [1.54, 1.807) is 14.0 Å². The van der Waals surface area contributed by atoms with Gasteiger partial charge < -0.3 is 19.4 Å². The van der Waals surface area contributed by atoms with Crippen molar-refractivity contribution >= 4 is 17.5 Å². The highest BCUT2D eigenvalue weighted by atomic mass is 16.5. The predicted molar refractivity (Wildman–Crippen MR) is 108 cm³/mol. The first-order valence-electron chi connectivity index (χ1n) is 10.1. The van der Waals surface area contributed by atoms with Gasteiger partial charge in [-0.25, -0.2) is 0 Å². The van der Waals surface area contributed by atoms with Gasteiger partial charge in [-0.3, -0.25) is 14.6 Å². The van der Waals surface area contributed by atoms with E-state index in [1.165, 1.54) is 0 Å². The summed E-state index contributed by atoms with van der Waals surface area (Å²) >= 11 is 0. The number of methoxy groups -OCH3 is 1. The van der Waals surface area contributed by atoms with Gasteiger partial charge in [0, 0.05) is 58.1 Å². The van der Waals surface area contributed by atoms with Gasteiger partial charge in [-0.05, 0) is 45.7 Å². The van der Waals surface area contributed by atoms with Crippen LogP contribution in [0.25, 0.3) is 0 Å². The molecule has 0 aromatic carbocycles. The van der Waals surface area contributed by atoms with Crippen LogP contribution in [0.2, 0.25) is 0 Å². The van der Waals surface area contributed by atoms with Crippen molar-refractivity contribution in [1.82, 2.24) is 14.8 Å². The SMILES string of the molecule is COC(C)(C)C(=O)N1CCN(c2cc(C)nc([C@H]3CCCN3C(C)=O)c2)CC1. The lowest BCUT2D eigenvalue weighted by atomic mass is 10.1. The molecule has 28 heavy (non-hydrogen) atoms. The summed E-state index contributed by atoms with van der Waals surface area (Å²) < 4.78 is 5.34. The molecule has 3 rings (SSSR count). The first kappa shape index (κ1) is 20.6. The Bertz CT molecular complexity index is 741.